The molecule has 1 aromatic rings. The van der Waals surface area contributed by atoms with Crippen LogP contribution in [-0.2, 0) is 0 Å². The number of benzene rings is 1. The molecule has 0 radical (unpaired) electrons. The van der Waals surface area contributed by atoms with E-state index in [1.165, 1.54) is 18.2 Å². The van der Waals surface area contributed by atoms with Crippen molar-refractivity contribution in [3.8, 4) is 12.1 Å². The van der Waals surface area contributed by atoms with E-state index in [4.69, 9.17) is 15.9 Å². The summed E-state index contributed by atoms with van der Waals surface area (Å²) in [7, 11) is 0. The molecule has 0 aliphatic carbocycles. The summed E-state index contributed by atoms with van der Waals surface area (Å²) in [5.41, 5.74) is -0.0163. The van der Waals surface area contributed by atoms with Gasteiger partial charge in [-0.25, -0.2) is 4.39 Å². The SMILES string of the molecule is CCC(C)(C#N)CC(=N)c1ccc(C#N)c(F)c1. The number of halogens is 1. The molecule has 0 bridgehead atoms. The third-order valence-electron chi connectivity index (χ3n) is 3.06. The summed E-state index contributed by atoms with van der Waals surface area (Å²) in [4.78, 5) is 0. The number of rotatable bonds is 4. The maximum Gasteiger partial charge on any atom is 0.141 e. The van der Waals surface area contributed by atoms with E-state index in [9.17, 15) is 4.39 Å². The summed E-state index contributed by atoms with van der Waals surface area (Å²) in [6.45, 7) is 3.66. The molecule has 4 heteroatoms. The standard InChI is InChI=1S/C14H14FN3/c1-3-14(2,9-17)7-13(18)10-4-5-11(8-16)12(15)6-10/h4-6,18H,3,7H2,1-2H3. The molecule has 0 aliphatic rings. The molecule has 1 unspecified atom stereocenters. The fourth-order valence-electron chi connectivity index (χ4n) is 1.53. The zero-order valence-electron chi connectivity index (χ0n) is 10.4. The van der Waals surface area contributed by atoms with Gasteiger partial charge in [-0.05, 0) is 31.0 Å². The van der Waals surface area contributed by atoms with E-state index in [-0.39, 0.29) is 17.7 Å². The average Bonchev–Trinajstić information content (AvgIpc) is 2.38. The van der Waals surface area contributed by atoms with Crippen molar-refractivity contribution in [1.82, 2.24) is 0 Å². The second-order valence-electron chi connectivity index (χ2n) is 4.49. The minimum Gasteiger partial charge on any atom is -0.305 e. The van der Waals surface area contributed by atoms with Gasteiger partial charge >= 0.3 is 0 Å². The first-order valence-corrected chi connectivity index (χ1v) is 5.64. The molecule has 18 heavy (non-hydrogen) atoms. The Morgan fingerprint density at radius 1 is 1.44 bits per heavy atom. The Hall–Kier alpha value is -2.20. The van der Waals surface area contributed by atoms with Gasteiger partial charge < -0.3 is 5.41 Å². The van der Waals surface area contributed by atoms with E-state index in [2.05, 4.69) is 6.07 Å². The van der Waals surface area contributed by atoms with Gasteiger partial charge in [0.1, 0.15) is 11.9 Å². The largest absolute Gasteiger partial charge is 0.305 e. The van der Waals surface area contributed by atoms with Gasteiger partial charge in [-0.2, -0.15) is 10.5 Å². The molecule has 1 rings (SSSR count). The topological polar surface area (TPSA) is 71.4 Å². The number of nitrogens with zero attached hydrogens (tertiary/aromatic N) is 2. The maximum atomic E-state index is 13.4. The van der Waals surface area contributed by atoms with Crippen molar-refractivity contribution >= 4 is 5.71 Å². The predicted molar refractivity (Wildman–Crippen MR) is 66.6 cm³/mol. The lowest BCUT2D eigenvalue weighted by atomic mass is 9.82. The molecule has 3 nitrogen and oxygen atoms in total. The fraction of sp³-hybridized carbons (Fsp3) is 0.357. The number of hydrogen-bond acceptors (Lipinski definition) is 3. The van der Waals surface area contributed by atoms with E-state index in [0.717, 1.165) is 0 Å². The Bertz CT molecular complexity index is 551. The third kappa shape index (κ3) is 2.93. The van der Waals surface area contributed by atoms with E-state index in [1.807, 2.05) is 6.92 Å². The second-order valence-corrected chi connectivity index (χ2v) is 4.49. The van der Waals surface area contributed by atoms with Crippen LogP contribution in [0.15, 0.2) is 18.2 Å². The second kappa shape index (κ2) is 5.42. The van der Waals surface area contributed by atoms with Crippen LogP contribution in [0.1, 0.15) is 37.8 Å². The first-order chi connectivity index (χ1) is 8.45. The van der Waals surface area contributed by atoms with Crippen molar-refractivity contribution in [1.29, 1.82) is 15.9 Å². The molecular formula is C14H14FN3. The van der Waals surface area contributed by atoms with Crippen LogP contribution in [0, 0.1) is 39.3 Å². The Kier molecular flexibility index (Phi) is 4.18. The summed E-state index contributed by atoms with van der Waals surface area (Å²) in [5, 5.41) is 25.6. The summed E-state index contributed by atoms with van der Waals surface area (Å²) in [5.74, 6) is -0.630. The summed E-state index contributed by atoms with van der Waals surface area (Å²) >= 11 is 0. The molecule has 0 saturated heterocycles. The highest BCUT2D eigenvalue weighted by Gasteiger charge is 2.24. The Morgan fingerprint density at radius 3 is 2.56 bits per heavy atom. The number of hydrogen-bond donors (Lipinski definition) is 1. The zero-order valence-corrected chi connectivity index (χ0v) is 10.4. The molecule has 0 aliphatic heterocycles. The minimum atomic E-state index is -0.630. The van der Waals surface area contributed by atoms with Gasteiger partial charge in [-0.15, -0.1) is 0 Å². The van der Waals surface area contributed by atoms with E-state index < -0.39 is 11.2 Å². The summed E-state index contributed by atoms with van der Waals surface area (Å²) < 4.78 is 13.4. The van der Waals surface area contributed by atoms with Crippen molar-refractivity contribution in [3.05, 3.63) is 35.1 Å². The summed E-state index contributed by atoms with van der Waals surface area (Å²) in [6.07, 6.45) is 0.899. The highest BCUT2D eigenvalue weighted by atomic mass is 19.1. The number of nitrogens with one attached hydrogen (secondary N) is 1. The van der Waals surface area contributed by atoms with Gasteiger partial charge in [0, 0.05) is 12.1 Å². The molecule has 0 amide bonds. The van der Waals surface area contributed by atoms with E-state index in [0.29, 0.717) is 12.0 Å². The first-order valence-electron chi connectivity index (χ1n) is 5.64. The fourth-order valence-corrected chi connectivity index (χ4v) is 1.53. The predicted octanol–water partition coefficient (Wildman–Crippen LogP) is 3.40. The lowest BCUT2D eigenvalue weighted by Gasteiger charge is -2.19. The van der Waals surface area contributed by atoms with Crippen LogP contribution in [0.25, 0.3) is 0 Å². The summed E-state index contributed by atoms with van der Waals surface area (Å²) in [6, 6.07) is 7.98. The lowest BCUT2D eigenvalue weighted by Crippen LogP contribution is -2.18. The van der Waals surface area contributed by atoms with Gasteiger partial charge in [-0.3, -0.25) is 0 Å². The Labute approximate surface area is 106 Å². The zero-order chi connectivity index (χ0) is 13.8. The van der Waals surface area contributed by atoms with E-state index in [1.54, 1.807) is 13.0 Å². The van der Waals surface area contributed by atoms with Gasteiger partial charge in [0.25, 0.3) is 0 Å². The van der Waals surface area contributed by atoms with Crippen LogP contribution in [0.4, 0.5) is 4.39 Å². The average molecular weight is 243 g/mol. The van der Waals surface area contributed by atoms with E-state index >= 15 is 0 Å². The van der Waals surface area contributed by atoms with Gasteiger partial charge in [0.2, 0.25) is 0 Å². The lowest BCUT2D eigenvalue weighted by molar-refractivity contribution is 0.444. The highest BCUT2D eigenvalue weighted by Crippen LogP contribution is 2.26. The molecule has 1 N–H and O–H groups in total. The monoisotopic (exact) mass is 243 g/mol. The molecule has 1 aromatic carbocycles. The third-order valence-corrected chi connectivity index (χ3v) is 3.06. The quantitative estimate of drug-likeness (QED) is 0.823. The molecule has 0 aromatic heterocycles. The van der Waals surface area contributed by atoms with Crippen molar-refractivity contribution in [2.75, 3.05) is 0 Å². The van der Waals surface area contributed by atoms with Gasteiger partial charge in [0.15, 0.2) is 0 Å². The van der Waals surface area contributed by atoms with Crippen LogP contribution >= 0.6 is 0 Å². The Balaban J connectivity index is 2.97. The molecule has 92 valence electrons. The smallest absolute Gasteiger partial charge is 0.141 e. The highest BCUT2D eigenvalue weighted by molar-refractivity contribution is 5.98. The minimum absolute atomic E-state index is 0.0370. The van der Waals surface area contributed by atoms with Crippen LogP contribution in [0.2, 0.25) is 0 Å². The van der Waals surface area contributed by atoms with Crippen LogP contribution in [0.5, 0.6) is 0 Å². The Morgan fingerprint density at radius 2 is 2.11 bits per heavy atom. The molecular weight excluding hydrogens is 229 g/mol. The molecule has 0 fully saturated rings. The van der Waals surface area contributed by atoms with Crippen molar-refractivity contribution in [2.24, 2.45) is 5.41 Å². The van der Waals surface area contributed by atoms with Crippen molar-refractivity contribution in [2.45, 2.75) is 26.7 Å². The van der Waals surface area contributed by atoms with Gasteiger partial charge in [-0.1, -0.05) is 13.0 Å². The molecule has 0 saturated carbocycles. The molecule has 1 atom stereocenters. The van der Waals surface area contributed by atoms with Gasteiger partial charge in [0.05, 0.1) is 17.0 Å². The van der Waals surface area contributed by atoms with Crippen molar-refractivity contribution < 1.29 is 4.39 Å². The molecule has 0 heterocycles. The van der Waals surface area contributed by atoms with Crippen LogP contribution < -0.4 is 0 Å². The molecule has 0 spiro atoms. The van der Waals surface area contributed by atoms with Crippen molar-refractivity contribution in [3.63, 3.8) is 0 Å². The first kappa shape index (κ1) is 13.9. The normalized spacial score (nSPS) is 13.2. The van der Waals surface area contributed by atoms with Crippen LogP contribution in [-0.4, -0.2) is 5.71 Å². The van der Waals surface area contributed by atoms with Crippen LogP contribution in [0.3, 0.4) is 0 Å². The maximum absolute atomic E-state index is 13.4. The number of nitriles is 2.